The summed E-state index contributed by atoms with van der Waals surface area (Å²) in [6.07, 6.45) is 5.45. The van der Waals surface area contributed by atoms with E-state index in [2.05, 4.69) is 30.2 Å². The summed E-state index contributed by atoms with van der Waals surface area (Å²) >= 11 is 0. The van der Waals surface area contributed by atoms with E-state index < -0.39 is 17.4 Å². The minimum Gasteiger partial charge on any atom is -0.493 e. The highest BCUT2D eigenvalue weighted by Crippen LogP contribution is 2.36. The summed E-state index contributed by atoms with van der Waals surface area (Å²) in [4.78, 5) is 50.2. The van der Waals surface area contributed by atoms with Crippen molar-refractivity contribution in [3.8, 4) is 5.75 Å². The molecule has 0 saturated carbocycles. The Morgan fingerprint density at radius 2 is 1.65 bits per heavy atom. The van der Waals surface area contributed by atoms with Crippen molar-refractivity contribution >= 4 is 39.6 Å². The maximum Gasteiger partial charge on any atom is 0.329 e. The largest absolute Gasteiger partial charge is 0.493 e. The van der Waals surface area contributed by atoms with Crippen LogP contribution < -0.4 is 20.5 Å². The fourth-order valence-electron chi connectivity index (χ4n) is 8.38. The van der Waals surface area contributed by atoms with Crippen molar-refractivity contribution in [3.05, 3.63) is 57.6 Å². The van der Waals surface area contributed by atoms with Crippen molar-refractivity contribution in [2.45, 2.75) is 63.6 Å². The Hall–Kier alpha value is -4.51. The lowest BCUT2D eigenvalue weighted by Gasteiger charge is -2.36. The quantitative estimate of drug-likeness (QED) is 0.228. The first-order valence-electron chi connectivity index (χ1n) is 19.5. The van der Waals surface area contributed by atoms with Crippen LogP contribution in [0.1, 0.15) is 62.3 Å². The third-order valence-electron chi connectivity index (χ3n) is 11.6. The number of nitrogens with one attached hydrogen (secondary N) is 2. The summed E-state index contributed by atoms with van der Waals surface area (Å²) in [5.74, 6) is 0.231. The number of likely N-dealkylation sites (tertiary alicyclic amines) is 2. The number of nitrogens with zero attached hydrogens (tertiary/aromatic N) is 6. The second kappa shape index (κ2) is 16.3. The molecule has 2 N–H and O–H groups in total. The number of anilines is 1. The molecule has 55 heavy (non-hydrogen) atoms. The minimum absolute atomic E-state index is 0.0453. The Labute approximate surface area is 317 Å². The summed E-state index contributed by atoms with van der Waals surface area (Å²) < 4.78 is 49.8. The zero-order valence-corrected chi connectivity index (χ0v) is 31.2. The smallest absolute Gasteiger partial charge is 0.329 e. The molecule has 4 fully saturated rings. The topological polar surface area (TPSA) is 147 Å². The number of carbonyl (C=O) groups is 2. The Bertz CT molecular complexity index is 2100. The molecule has 0 spiro atoms. The molecule has 3 amide bonds. The molecule has 14 nitrogen and oxygen atoms in total. The Balaban J connectivity index is 0.788. The number of hydrogen-bond donors (Lipinski definition) is 2. The van der Waals surface area contributed by atoms with Crippen LogP contribution in [0, 0.1) is 17.6 Å². The summed E-state index contributed by atoms with van der Waals surface area (Å²) in [7, 11) is 1.68. The van der Waals surface area contributed by atoms with E-state index in [-0.39, 0.29) is 54.2 Å². The lowest BCUT2D eigenvalue weighted by molar-refractivity contribution is -0.120. The van der Waals surface area contributed by atoms with E-state index in [1.54, 1.807) is 13.1 Å². The molecule has 4 saturated heterocycles. The third-order valence-corrected chi connectivity index (χ3v) is 11.6. The van der Waals surface area contributed by atoms with Gasteiger partial charge in [-0.2, -0.15) is 5.10 Å². The highest BCUT2D eigenvalue weighted by molar-refractivity contribution is 6.09. The molecule has 2 aromatic heterocycles. The second-order valence-electron chi connectivity index (χ2n) is 15.2. The molecule has 4 aromatic rings. The number of aromatic nitrogens is 4. The van der Waals surface area contributed by atoms with Crippen molar-refractivity contribution in [3.63, 3.8) is 0 Å². The van der Waals surface area contributed by atoms with Gasteiger partial charge in [-0.05, 0) is 88.2 Å². The molecule has 0 aliphatic carbocycles. The van der Waals surface area contributed by atoms with Gasteiger partial charge in [0.15, 0.2) is 11.6 Å². The zero-order valence-electron chi connectivity index (χ0n) is 31.2. The maximum atomic E-state index is 16.0. The number of piperidine rings is 2. The van der Waals surface area contributed by atoms with Gasteiger partial charge in [0.05, 0.1) is 18.2 Å². The lowest BCUT2D eigenvalue weighted by Crippen LogP contribution is -2.49. The van der Waals surface area contributed by atoms with E-state index in [1.807, 2.05) is 12.1 Å². The van der Waals surface area contributed by atoms with Gasteiger partial charge in [-0.15, -0.1) is 0 Å². The molecule has 2 aromatic carbocycles. The van der Waals surface area contributed by atoms with Crippen LogP contribution in [0.25, 0.3) is 21.8 Å². The van der Waals surface area contributed by atoms with Gasteiger partial charge >= 0.3 is 6.03 Å². The van der Waals surface area contributed by atoms with Crippen molar-refractivity contribution < 1.29 is 32.6 Å². The average molecular weight is 763 g/mol. The highest BCUT2D eigenvalue weighted by Gasteiger charge is 2.31. The SMILES string of the molecule is Cn1nc(N2CCC(=O)NC2=O)c2ccc(C3CCN(CCN4CCC(COc5cc(F)c6c(=O)[nH]c(COC7CCOCC7)nc6c5)CC4)CC3)c(F)c21. The molecule has 294 valence electrons. The van der Waals surface area contributed by atoms with Crippen LogP contribution in [0.3, 0.4) is 0 Å². The first kappa shape index (κ1) is 37.4. The highest BCUT2D eigenvalue weighted by atomic mass is 19.1. The van der Waals surface area contributed by atoms with Crippen molar-refractivity contribution in [1.82, 2.24) is 34.9 Å². The predicted molar refractivity (Wildman–Crippen MR) is 200 cm³/mol. The Kier molecular flexibility index (Phi) is 11.1. The molecule has 0 unspecified atom stereocenters. The average Bonchev–Trinajstić information content (AvgIpc) is 3.52. The van der Waals surface area contributed by atoms with E-state index >= 15 is 8.78 Å². The van der Waals surface area contributed by atoms with Crippen molar-refractivity contribution in [1.29, 1.82) is 0 Å². The number of carbonyl (C=O) groups excluding carboxylic acids is 2. The summed E-state index contributed by atoms with van der Waals surface area (Å²) in [6, 6.07) is 6.04. The lowest BCUT2D eigenvalue weighted by atomic mass is 9.88. The monoisotopic (exact) mass is 762 g/mol. The zero-order chi connectivity index (χ0) is 38.1. The summed E-state index contributed by atoms with van der Waals surface area (Å²) in [6.45, 7) is 7.70. The molecule has 4 aliphatic heterocycles. The normalized spacial score (nSPS) is 20.2. The number of fused-ring (bicyclic) bond motifs is 2. The van der Waals surface area contributed by atoms with Crippen LogP contribution in [0.4, 0.5) is 19.4 Å². The number of amides is 3. The number of ether oxygens (including phenoxy) is 3. The number of hydrogen-bond acceptors (Lipinski definition) is 10. The molecule has 16 heteroatoms. The van der Waals surface area contributed by atoms with E-state index in [0.717, 1.165) is 77.8 Å². The van der Waals surface area contributed by atoms with Crippen LogP contribution in [0.5, 0.6) is 5.75 Å². The fourth-order valence-corrected chi connectivity index (χ4v) is 8.38. The van der Waals surface area contributed by atoms with Gasteiger partial charge in [0.25, 0.3) is 5.56 Å². The van der Waals surface area contributed by atoms with Gasteiger partial charge < -0.3 is 29.0 Å². The molecule has 6 heterocycles. The molecule has 0 radical (unpaired) electrons. The van der Waals surface area contributed by atoms with Gasteiger partial charge in [0.2, 0.25) is 5.91 Å². The molecular weight excluding hydrogens is 714 g/mol. The first-order chi connectivity index (χ1) is 26.7. The van der Waals surface area contributed by atoms with Gasteiger partial charge in [-0.25, -0.2) is 18.6 Å². The fraction of sp³-hybridized carbons (Fsp3) is 0.564. The van der Waals surface area contributed by atoms with Gasteiger partial charge in [-0.3, -0.25) is 24.5 Å². The Morgan fingerprint density at radius 1 is 0.927 bits per heavy atom. The van der Waals surface area contributed by atoms with Crippen LogP contribution >= 0.6 is 0 Å². The summed E-state index contributed by atoms with van der Waals surface area (Å²) in [5, 5.41) is 7.24. The molecular formula is C39H48F2N8O6. The number of aryl methyl sites for hydroxylation is 1. The number of imide groups is 1. The van der Waals surface area contributed by atoms with Gasteiger partial charge in [0.1, 0.15) is 34.9 Å². The number of H-pyrrole nitrogens is 1. The Morgan fingerprint density at radius 3 is 2.38 bits per heavy atom. The second-order valence-corrected chi connectivity index (χ2v) is 15.2. The van der Waals surface area contributed by atoms with E-state index in [4.69, 9.17) is 14.2 Å². The van der Waals surface area contributed by atoms with E-state index in [0.29, 0.717) is 59.6 Å². The first-order valence-corrected chi connectivity index (χ1v) is 19.5. The number of urea groups is 1. The van der Waals surface area contributed by atoms with E-state index in [1.165, 1.54) is 15.6 Å². The standard InChI is InChI=1S/C39H48F2N8O6/c1-46-36-29(37(45-46)49-15-8-33(50)44-39(49)52)3-2-28(35(36)41)25-6-13-48(14-7-25)17-16-47-11-4-24(5-12-47)22-54-27-20-30(40)34-31(21-27)42-32(43-38(34)51)23-55-26-9-18-53-19-10-26/h2-3,20-21,24-26H,4-19,22-23H2,1H3,(H,42,43,51)(H,44,50,52). The molecule has 4 aliphatic rings. The van der Waals surface area contributed by atoms with Crippen molar-refractivity contribution in [2.24, 2.45) is 13.0 Å². The maximum absolute atomic E-state index is 16.0. The van der Waals surface area contributed by atoms with Crippen LogP contribution in [-0.2, 0) is 27.9 Å². The van der Waals surface area contributed by atoms with Gasteiger partial charge in [0, 0.05) is 63.8 Å². The molecule has 0 atom stereocenters. The van der Waals surface area contributed by atoms with Crippen LogP contribution in [0.2, 0.25) is 0 Å². The molecule has 0 bridgehead atoms. The predicted octanol–water partition coefficient (Wildman–Crippen LogP) is 4.20. The third kappa shape index (κ3) is 8.23. The molecule has 8 rings (SSSR count). The number of aromatic amines is 1. The van der Waals surface area contributed by atoms with Crippen LogP contribution in [-0.4, -0.2) is 113 Å². The van der Waals surface area contributed by atoms with Gasteiger partial charge in [-0.1, -0.05) is 6.07 Å². The minimum atomic E-state index is -0.657. The number of halogens is 2. The van der Waals surface area contributed by atoms with Crippen LogP contribution in [0.15, 0.2) is 29.1 Å². The van der Waals surface area contributed by atoms with Crippen molar-refractivity contribution in [2.75, 3.05) is 70.5 Å². The summed E-state index contributed by atoms with van der Waals surface area (Å²) in [5.41, 5.74) is 0.769. The number of benzene rings is 2. The number of rotatable bonds is 11. The van der Waals surface area contributed by atoms with E-state index in [9.17, 15) is 14.4 Å².